The number of carbonyl (C=O) groups excluding carboxylic acids is 2. The van der Waals surface area contributed by atoms with Crippen molar-refractivity contribution in [2.75, 3.05) is 33.4 Å². The highest BCUT2D eigenvalue weighted by atomic mass is 16.2. The van der Waals surface area contributed by atoms with E-state index in [1.807, 2.05) is 18.4 Å². The summed E-state index contributed by atoms with van der Waals surface area (Å²) in [5, 5.41) is 0. The summed E-state index contributed by atoms with van der Waals surface area (Å²) in [4.78, 5) is 26.8. The molecule has 0 aromatic carbocycles. The Morgan fingerprint density at radius 1 is 1.32 bits per heavy atom. The molecule has 6 nitrogen and oxygen atoms in total. The summed E-state index contributed by atoms with van der Waals surface area (Å²) in [6.45, 7) is 4.00. The van der Waals surface area contributed by atoms with Gasteiger partial charge in [0.2, 0.25) is 5.91 Å². The van der Waals surface area contributed by atoms with Gasteiger partial charge in [0.1, 0.15) is 5.69 Å². The van der Waals surface area contributed by atoms with Crippen LogP contribution in [0.3, 0.4) is 0 Å². The lowest BCUT2D eigenvalue weighted by Gasteiger charge is -2.21. The van der Waals surface area contributed by atoms with Crippen LogP contribution in [0.5, 0.6) is 0 Å². The van der Waals surface area contributed by atoms with Crippen molar-refractivity contribution in [2.45, 2.75) is 19.9 Å². The Bertz CT molecular complexity index is 477. The fraction of sp³-hybridized carbons (Fsp3) is 0.538. The highest BCUT2D eigenvalue weighted by molar-refractivity contribution is 5.96. The lowest BCUT2D eigenvalue weighted by Crippen LogP contribution is -2.38. The first-order valence-corrected chi connectivity index (χ1v) is 6.17. The number of aromatic nitrogens is 1. The summed E-state index contributed by atoms with van der Waals surface area (Å²) in [6, 6.07) is 1.77. The molecule has 0 aliphatic carbocycles. The first kappa shape index (κ1) is 15.1. The van der Waals surface area contributed by atoms with E-state index in [0.29, 0.717) is 11.4 Å². The van der Waals surface area contributed by atoms with Gasteiger partial charge in [0.25, 0.3) is 5.91 Å². The Balaban J connectivity index is 2.91. The van der Waals surface area contributed by atoms with Crippen LogP contribution in [0.25, 0.3) is 0 Å². The van der Waals surface area contributed by atoms with Gasteiger partial charge in [-0.15, -0.1) is 0 Å². The van der Waals surface area contributed by atoms with Crippen molar-refractivity contribution in [3.05, 3.63) is 18.0 Å². The Morgan fingerprint density at radius 2 is 1.89 bits per heavy atom. The molecule has 1 aromatic heterocycles. The van der Waals surface area contributed by atoms with Gasteiger partial charge in [-0.25, -0.2) is 0 Å². The number of hydrogen-bond acceptors (Lipinski definition) is 3. The number of nitrogens with zero attached hydrogens (tertiary/aromatic N) is 3. The summed E-state index contributed by atoms with van der Waals surface area (Å²) in [5.74, 6) is -0.327. The van der Waals surface area contributed by atoms with Crippen LogP contribution in [0.4, 0.5) is 5.69 Å². The lowest BCUT2D eigenvalue weighted by molar-refractivity contribution is -0.129. The normalized spacial score (nSPS) is 10.6. The predicted octanol–water partition coefficient (Wildman–Crippen LogP) is 0.811. The molecule has 0 unspecified atom stereocenters. The molecule has 106 valence electrons. The van der Waals surface area contributed by atoms with Crippen LogP contribution < -0.4 is 5.73 Å². The molecule has 0 aliphatic heterocycles. The van der Waals surface area contributed by atoms with E-state index in [9.17, 15) is 9.59 Å². The average molecular weight is 266 g/mol. The topological polar surface area (TPSA) is 71.6 Å². The van der Waals surface area contributed by atoms with E-state index in [0.717, 1.165) is 0 Å². The number of anilines is 1. The van der Waals surface area contributed by atoms with Gasteiger partial charge in [0.05, 0.1) is 12.2 Å². The molecule has 0 aliphatic rings. The molecule has 1 rings (SSSR count). The molecule has 0 atom stereocenters. The minimum Gasteiger partial charge on any atom is -0.397 e. The third-order valence-electron chi connectivity index (χ3n) is 2.86. The first-order chi connectivity index (χ1) is 8.73. The van der Waals surface area contributed by atoms with Crippen LogP contribution >= 0.6 is 0 Å². The number of amides is 2. The third kappa shape index (κ3) is 3.49. The van der Waals surface area contributed by atoms with E-state index in [2.05, 4.69) is 0 Å². The number of carbonyl (C=O) groups is 2. The zero-order valence-electron chi connectivity index (χ0n) is 12.2. The van der Waals surface area contributed by atoms with Crippen molar-refractivity contribution in [3.63, 3.8) is 0 Å². The predicted molar refractivity (Wildman–Crippen MR) is 74.9 cm³/mol. The smallest absolute Gasteiger partial charge is 0.270 e. The minimum atomic E-state index is -0.208. The third-order valence-corrected chi connectivity index (χ3v) is 2.86. The fourth-order valence-electron chi connectivity index (χ4n) is 1.71. The minimum absolute atomic E-state index is 0.0506. The van der Waals surface area contributed by atoms with E-state index in [1.165, 1.54) is 9.80 Å². The van der Waals surface area contributed by atoms with Crippen molar-refractivity contribution in [2.24, 2.45) is 0 Å². The van der Waals surface area contributed by atoms with E-state index in [4.69, 9.17) is 5.73 Å². The Labute approximate surface area is 113 Å². The lowest BCUT2D eigenvalue weighted by atomic mass is 10.3. The number of nitrogens with two attached hydrogens (primary N) is 1. The zero-order valence-corrected chi connectivity index (χ0v) is 12.2. The molecule has 6 heteroatoms. The van der Waals surface area contributed by atoms with E-state index < -0.39 is 0 Å². The Kier molecular flexibility index (Phi) is 4.58. The van der Waals surface area contributed by atoms with Crippen LogP contribution in [0, 0.1) is 0 Å². The second-order valence-corrected chi connectivity index (χ2v) is 5.11. The van der Waals surface area contributed by atoms with Gasteiger partial charge < -0.3 is 20.1 Å². The molecular weight excluding hydrogens is 244 g/mol. The van der Waals surface area contributed by atoms with Crippen LogP contribution in [-0.4, -0.2) is 53.9 Å². The largest absolute Gasteiger partial charge is 0.397 e. The number of likely N-dealkylation sites (N-methyl/N-ethyl adjacent to an activating group) is 2. The van der Waals surface area contributed by atoms with E-state index in [1.54, 1.807) is 33.4 Å². The SMILES string of the molecule is CC(C)n1cc(N)cc1C(=O)N(C)CC(=O)N(C)C. The van der Waals surface area contributed by atoms with Gasteiger partial charge in [-0.2, -0.15) is 0 Å². The molecule has 0 saturated carbocycles. The summed E-state index contributed by atoms with van der Waals surface area (Å²) < 4.78 is 1.81. The van der Waals surface area contributed by atoms with Crippen molar-refractivity contribution in [3.8, 4) is 0 Å². The maximum Gasteiger partial charge on any atom is 0.270 e. The second kappa shape index (κ2) is 5.77. The Morgan fingerprint density at radius 3 is 2.37 bits per heavy atom. The molecular formula is C13H22N4O2. The number of nitrogen functional groups attached to an aromatic ring is 1. The molecule has 1 heterocycles. The van der Waals surface area contributed by atoms with E-state index in [-0.39, 0.29) is 24.4 Å². The second-order valence-electron chi connectivity index (χ2n) is 5.11. The highest BCUT2D eigenvalue weighted by Crippen LogP contribution is 2.17. The molecule has 0 fully saturated rings. The van der Waals surface area contributed by atoms with Gasteiger partial charge in [-0.05, 0) is 19.9 Å². The van der Waals surface area contributed by atoms with Crippen LogP contribution in [0.2, 0.25) is 0 Å². The first-order valence-electron chi connectivity index (χ1n) is 6.17. The monoisotopic (exact) mass is 266 g/mol. The average Bonchev–Trinajstić information content (AvgIpc) is 2.70. The van der Waals surface area contributed by atoms with E-state index >= 15 is 0 Å². The summed E-state index contributed by atoms with van der Waals surface area (Å²) in [5.41, 5.74) is 6.79. The van der Waals surface area contributed by atoms with Gasteiger partial charge in [0.15, 0.2) is 0 Å². The summed E-state index contributed by atoms with van der Waals surface area (Å²) in [6.07, 6.45) is 1.74. The molecule has 0 saturated heterocycles. The van der Waals surface area contributed by atoms with Crippen molar-refractivity contribution in [1.82, 2.24) is 14.4 Å². The zero-order chi connectivity index (χ0) is 14.7. The van der Waals surface area contributed by atoms with Crippen LogP contribution in [0.1, 0.15) is 30.4 Å². The molecule has 2 N–H and O–H groups in total. The highest BCUT2D eigenvalue weighted by Gasteiger charge is 2.20. The van der Waals surface area contributed by atoms with Gasteiger partial charge in [0, 0.05) is 33.4 Å². The maximum absolute atomic E-state index is 12.3. The van der Waals surface area contributed by atoms with Crippen molar-refractivity contribution >= 4 is 17.5 Å². The standard InChI is InChI=1S/C13H22N4O2/c1-9(2)17-7-10(14)6-11(17)13(19)16(5)8-12(18)15(3)4/h6-7,9H,8,14H2,1-5H3. The number of hydrogen-bond donors (Lipinski definition) is 1. The molecule has 0 radical (unpaired) electrons. The molecule has 19 heavy (non-hydrogen) atoms. The van der Waals surface area contributed by atoms with Gasteiger partial charge >= 0.3 is 0 Å². The Hall–Kier alpha value is -1.98. The van der Waals surface area contributed by atoms with Crippen molar-refractivity contribution in [1.29, 1.82) is 0 Å². The van der Waals surface area contributed by atoms with Crippen LogP contribution in [-0.2, 0) is 4.79 Å². The maximum atomic E-state index is 12.3. The summed E-state index contributed by atoms with van der Waals surface area (Å²) >= 11 is 0. The van der Waals surface area contributed by atoms with Gasteiger partial charge in [-0.1, -0.05) is 0 Å². The van der Waals surface area contributed by atoms with Crippen molar-refractivity contribution < 1.29 is 9.59 Å². The molecule has 0 spiro atoms. The summed E-state index contributed by atoms with van der Waals surface area (Å²) in [7, 11) is 4.93. The number of rotatable bonds is 4. The van der Waals surface area contributed by atoms with Gasteiger partial charge in [-0.3, -0.25) is 9.59 Å². The quantitative estimate of drug-likeness (QED) is 0.876. The molecule has 1 aromatic rings. The fourth-order valence-corrected chi connectivity index (χ4v) is 1.71. The molecule has 2 amide bonds. The molecule has 0 bridgehead atoms. The van der Waals surface area contributed by atoms with Crippen LogP contribution in [0.15, 0.2) is 12.3 Å².